The molecule has 0 aliphatic heterocycles. The zero-order chi connectivity index (χ0) is 9.19. The van der Waals surface area contributed by atoms with E-state index in [1.54, 1.807) is 0 Å². The second-order valence-electron chi connectivity index (χ2n) is 4.09. The molecule has 1 atom stereocenters. The molecule has 72 valence electrons. The lowest BCUT2D eigenvalue weighted by molar-refractivity contribution is -0.0748. The third-order valence-corrected chi connectivity index (χ3v) is 3.15. The summed E-state index contributed by atoms with van der Waals surface area (Å²) >= 11 is 2.35. The molecule has 0 spiro atoms. The molecule has 0 saturated heterocycles. The zero-order valence-corrected chi connectivity index (χ0v) is 10.4. The largest absolute Gasteiger partial charge is 0.361 e. The number of alkyl halides is 1. The van der Waals surface area contributed by atoms with E-state index in [0.717, 1.165) is 0 Å². The van der Waals surface area contributed by atoms with Gasteiger partial charge in [-0.05, 0) is 25.7 Å². The lowest BCUT2D eigenvalue weighted by Gasteiger charge is -2.34. The van der Waals surface area contributed by atoms with Crippen molar-refractivity contribution in [2.24, 2.45) is 5.92 Å². The topological polar surface area (TPSA) is 9.23 Å². The van der Waals surface area contributed by atoms with E-state index in [2.05, 4.69) is 43.4 Å². The summed E-state index contributed by atoms with van der Waals surface area (Å²) < 4.78 is 6.40. The molecule has 1 nitrogen and oxygen atoms in total. The average molecular weight is 282 g/mol. The minimum atomic E-state index is 0.209. The van der Waals surface area contributed by atoms with Crippen LogP contribution in [0.4, 0.5) is 0 Å². The molecule has 0 unspecified atom stereocenters. The summed E-state index contributed by atoms with van der Waals surface area (Å²) in [6.45, 7) is 6.69. The first-order valence-electron chi connectivity index (χ1n) is 4.89. The normalized spacial score (nSPS) is 24.8. The molecular formula is C10H19IO. The lowest BCUT2D eigenvalue weighted by atomic mass is 9.88. The Morgan fingerprint density at radius 1 is 1.17 bits per heavy atom. The van der Waals surface area contributed by atoms with Crippen LogP contribution in [-0.2, 0) is 4.74 Å². The van der Waals surface area contributed by atoms with Gasteiger partial charge in [0.15, 0.2) is 0 Å². The Hall–Kier alpha value is 0.690. The molecule has 0 aromatic carbocycles. The smallest absolute Gasteiger partial charge is 0.106 e. The van der Waals surface area contributed by atoms with Gasteiger partial charge < -0.3 is 4.74 Å². The highest BCUT2D eigenvalue weighted by Crippen LogP contribution is 2.40. The predicted octanol–water partition coefficient (Wildman–Crippen LogP) is 3.75. The molecular weight excluding hydrogens is 263 g/mol. The van der Waals surface area contributed by atoms with Crippen LogP contribution in [0.2, 0.25) is 0 Å². The summed E-state index contributed by atoms with van der Waals surface area (Å²) in [4.78, 5) is 0. The van der Waals surface area contributed by atoms with Gasteiger partial charge in [0.25, 0.3) is 0 Å². The molecule has 1 rings (SSSR count). The van der Waals surface area contributed by atoms with E-state index < -0.39 is 0 Å². The molecule has 0 aromatic heterocycles. The van der Waals surface area contributed by atoms with Crippen molar-refractivity contribution in [2.45, 2.75) is 56.2 Å². The first-order valence-corrected chi connectivity index (χ1v) is 6.13. The molecule has 0 amide bonds. The van der Waals surface area contributed by atoms with Gasteiger partial charge in [-0.25, -0.2) is 0 Å². The van der Waals surface area contributed by atoms with E-state index in [4.69, 9.17) is 4.74 Å². The monoisotopic (exact) mass is 282 g/mol. The zero-order valence-electron chi connectivity index (χ0n) is 8.27. The van der Waals surface area contributed by atoms with Crippen molar-refractivity contribution in [3.05, 3.63) is 0 Å². The standard InChI is InChI=1S/C10H19IO/c1-8(2)10(12-9(3)11)6-4-5-7-10/h8-9H,4-7H2,1-3H3/t9-/m1/s1. The molecule has 1 aliphatic rings. The third kappa shape index (κ3) is 2.34. The Kier molecular flexibility index (Phi) is 3.83. The summed E-state index contributed by atoms with van der Waals surface area (Å²) in [7, 11) is 0. The van der Waals surface area contributed by atoms with Gasteiger partial charge in [0.05, 0.1) is 5.60 Å². The maximum Gasteiger partial charge on any atom is 0.106 e. The van der Waals surface area contributed by atoms with Crippen molar-refractivity contribution in [3.63, 3.8) is 0 Å². The van der Waals surface area contributed by atoms with E-state index in [1.165, 1.54) is 25.7 Å². The second-order valence-corrected chi connectivity index (χ2v) is 5.84. The van der Waals surface area contributed by atoms with Crippen molar-refractivity contribution in [1.29, 1.82) is 0 Å². The van der Waals surface area contributed by atoms with E-state index in [0.29, 0.717) is 10.0 Å². The summed E-state index contributed by atoms with van der Waals surface area (Å²) in [5, 5.41) is 0. The van der Waals surface area contributed by atoms with Crippen LogP contribution in [-0.4, -0.2) is 9.71 Å². The van der Waals surface area contributed by atoms with Crippen molar-refractivity contribution in [3.8, 4) is 0 Å². The molecule has 0 aromatic rings. The van der Waals surface area contributed by atoms with Gasteiger partial charge in [-0.15, -0.1) is 0 Å². The van der Waals surface area contributed by atoms with Gasteiger partial charge in [-0.3, -0.25) is 0 Å². The van der Waals surface area contributed by atoms with Gasteiger partial charge in [-0.2, -0.15) is 0 Å². The molecule has 2 heteroatoms. The Morgan fingerprint density at radius 2 is 1.67 bits per heavy atom. The number of ether oxygens (including phenoxy) is 1. The van der Waals surface area contributed by atoms with Crippen LogP contribution >= 0.6 is 22.6 Å². The van der Waals surface area contributed by atoms with E-state index in [9.17, 15) is 0 Å². The first-order chi connectivity index (χ1) is 5.57. The quantitative estimate of drug-likeness (QED) is 0.566. The Labute approximate surface area is 89.4 Å². The van der Waals surface area contributed by atoms with Gasteiger partial charge in [0.1, 0.15) is 4.11 Å². The summed E-state index contributed by atoms with van der Waals surface area (Å²) in [5.74, 6) is 0.664. The van der Waals surface area contributed by atoms with E-state index in [-0.39, 0.29) is 5.60 Å². The molecule has 0 N–H and O–H groups in total. The van der Waals surface area contributed by atoms with Crippen molar-refractivity contribution in [1.82, 2.24) is 0 Å². The Morgan fingerprint density at radius 3 is 2.00 bits per heavy atom. The van der Waals surface area contributed by atoms with Crippen LogP contribution in [0, 0.1) is 5.92 Å². The number of hydrogen-bond donors (Lipinski definition) is 0. The highest BCUT2D eigenvalue weighted by molar-refractivity contribution is 14.1. The van der Waals surface area contributed by atoms with Crippen LogP contribution in [0.25, 0.3) is 0 Å². The third-order valence-electron chi connectivity index (χ3n) is 2.90. The molecule has 1 aliphatic carbocycles. The maximum atomic E-state index is 6.05. The van der Waals surface area contributed by atoms with Crippen LogP contribution in [0.1, 0.15) is 46.5 Å². The van der Waals surface area contributed by atoms with E-state index >= 15 is 0 Å². The fourth-order valence-electron chi connectivity index (χ4n) is 2.13. The summed E-state index contributed by atoms with van der Waals surface area (Å²) in [6.07, 6.45) is 5.22. The van der Waals surface area contributed by atoms with Crippen LogP contribution in [0.5, 0.6) is 0 Å². The summed E-state index contributed by atoms with van der Waals surface area (Å²) in [6, 6.07) is 0. The minimum Gasteiger partial charge on any atom is -0.361 e. The number of rotatable bonds is 3. The Balaban J connectivity index is 2.59. The van der Waals surface area contributed by atoms with Crippen LogP contribution in [0.3, 0.4) is 0 Å². The highest BCUT2D eigenvalue weighted by atomic mass is 127. The second kappa shape index (κ2) is 4.27. The fourth-order valence-corrected chi connectivity index (χ4v) is 2.63. The Bertz CT molecular complexity index is 137. The lowest BCUT2D eigenvalue weighted by Crippen LogP contribution is -2.36. The van der Waals surface area contributed by atoms with Gasteiger partial charge >= 0.3 is 0 Å². The van der Waals surface area contributed by atoms with Crippen molar-refractivity contribution < 1.29 is 4.74 Å². The average Bonchev–Trinajstić information content (AvgIpc) is 2.35. The number of hydrogen-bond acceptors (Lipinski definition) is 1. The van der Waals surface area contributed by atoms with Crippen LogP contribution in [0.15, 0.2) is 0 Å². The van der Waals surface area contributed by atoms with Crippen molar-refractivity contribution in [2.75, 3.05) is 0 Å². The molecule has 1 fully saturated rings. The fraction of sp³-hybridized carbons (Fsp3) is 1.00. The summed E-state index contributed by atoms with van der Waals surface area (Å²) in [5.41, 5.74) is 0.209. The number of halogens is 1. The van der Waals surface area contributed by atoms with Crippen LogP contribution < -0.4 is 0 Å². The maximum absolute atomic E-state index is 6.05. The molecule has 12 heavy (non-hydrogen) atoms. The SMILES string of the molecule is CC(C)C1(O[C@H](C)I)CCCC1. The first kappa shape index (κ1) is 10.8. The van der Waals surface area contributed by atoms with Gasteiger partial charge in [-0.1, -0.05) is 49.3 Å². The minimum absolute atomic E-state index is 0.209. The van der Waals surface area contributed by atoms with Gasteiger partial charge in [0.2, 0.25) is 0 Å². The van der Waals surface area contributed by atoms with E-state index in [1.807, 2.05) is 0 Å². The molecule has 1 saturated carbocycles. The van der Waals surface area contributed by atoms with Crippen molar-refractivity contribution >= 4 is 22.6 Å². The molecule has 0 heterocycles. The highest BCUT2D eigenvalue weighted by Gasteiger charge is 2.38. The molecule has 0 radical (unpaired) electrons. The molecule has 0 bridgehead atoms. The predicted molar refractivity (Wildman–Crippen MR) is 60.6 cm³/mol. The van der Waals surface area contributed by atoms with Gasteiger partial charge in [0, 0.05) is 0 Å².